The van der Waals surface area contributed by atoms with Crippen LogP contribution in [0.4, 0.5) is 0 Å². The van der Waals surface area contributed by atoms with Gasteiger partial charge in [-0.25, -0.2) is 0 Å². The molecule has 2 aliphatic carbocycles. The Kier molecular flexibility index (Phi) is 5.26. The first kappa shape index (κ1) is 14.8. The van der Waals surface area contributed by atoms with Crippen LogP contribution in [0, 0.1) is 23.7 Å². The number of hydrogen-bond acceptors (Lipinski definition) is 2. The second-order valence-electron chi connectivity index (χ2n) is 6.88. The highest BCUT2D eigenvalue weighted by Crippen LogP contribution is 2.31. The van der Waals surface area contributed by atoms with Crippen molar-refractivity contribution in [1.29, 1.82) is 0 Å². The smallest absolute Gasteiger partial charge is 0.306 e. The molecule has 2 saturated carbocycles. The first-order valence-corrected chi connectivity index (χ1v) is 8.04. The second kappa shape index (κ2) is 6.74. The third kappa shape index (κ3) is 3.95. The van der Waals surface area contributed by atoms with Crippen LogP contribution in [0.2, 0.25) is 0 Å². The summed E-state index contributed by atoms with van der Waals surface area (Å²) in [6.07, 6.45) is 8.00. The summed E-state index contributed by atoms with van der Waals surface area (Å²) in [6.45, 7) is 5.83. The predicted molar refractivity (Wildman–Crippen MR) is 77.1 cm³/mol. The van der Waals surface area contributed by atoms with Gasteiger partial charge in [0, 0.05) is 6.04 Å². The Bertz CT molecular complexity index is 287. The maximum atomic E-state index is 10.9. The number of carboxylic acids is 1. The van der Waals surface area contributed by atoms with Crippen LogP contribution in [0.3, 0.4) is 0 Å². The van der Waals surface area contributed by atoms with E-state index in [2.05, 4.69) is 19.2 Å². The zero-order valence-electron chi connectivity index (χ0n) is 12.4. The largest absolute Gasteiger partial charge is 0.481 e. The minimum atomic E-state index is -0.596. The van der Waals surface area contributed by atoms with Crippen molar-refractivity contribution in [2.75, 3.05) is 6.54 Å². The van der Waals surface area contributed by atoms with E-state index in [-0.39, 0.29) is 5.92 Å². The Morgan fingerprint density at radius 1 is 1.05 bits per heavy atom. The van der Waals surface area contributed by atoms with Gasteiger partial charge in [-0.2, -0.15) is 0 Å². The molecular formula is C16H29NO2. The Morgan fingerprint density at radius 3 is 2.16 bits per heavy atom. The fourth-order valence-corrected chi connectivity index (χ4v) is 4.00. The summed E-state index contributed by atoms with van der Waals surface area (Å²) in [5.41, 5.74) is 0. The van der Waals surface area contributed by atoms with E-state index in [4.69, 9.17) is 5.11 Å². The molecule has 3 nitrogen and oxygen atoms in total. The third-order valence-corrected chi connectivity index (χ3v) is 5.38. The topological polar surface area (TPSA) is 49.3 Å². The van der Waals surface area contributed by atoms with Crippen molar-refractivity contribution in [3.8, 4) is 0 Å². The first-order chi connectivity index (χ1) is 9.08. The van der Waals surface area contributed by atoms with Gasteiger partial charge in [0.15, 0.2) is 0 Å². The van der Waals surface area contributed by atoms with Crippen LogP contribution in [0.25, 0.3) is 0 Å². The standard InChI is InChI=1S/C16H29NO2/c1-11-4-3-5-12(2)15(11)17-10-13-6-8-14(9-7-13)16(18)19/h11-15,17H,3-10H2,1-2H3,(H,18,19). The Hall–Kier alpha value is -0.570. The third-order valence-electron chi connectivity index (χ3n) is 5.38. The minimum Gasteiger partial charge on any atom is -0.481 e. The SMILES string of the molecule is CC1CCCC(C)C1NCC1CCC(C(=O)O)CC1. The average molecular weight is 267 g/mol. The van der Waals surface area contributed by atoms with Gasteiger partial charge in [-0.3, -0.25) is 4.79 Å². The summed E-state index contributed by atoms with van der Waals surface area (Å²) >= 11 is 0. The molecule has 2 aliphatic rings. The van der Waals surface area contributed by atoms with Crippen LogP contribution >= 0.6 is 0 Å². The summed E-state index contributed by atoms with van der Waals surface area (Å²) in [6, 6.07) is 0.672. The van der Waals surface area contributed by atoms with Gasteiger partial charge in [0.1, 0.15) is 0 Å². The molecule has 19 heavy (non-hydrogen) atoms. The Balaban J connectivity index is 1.72. The molecule has 2 unspecified atom stereocenters. The van der Waals surface area contributed by atoms with Gasteiger partial charge in [-0.15, -0.1) is 0 Å². The van der Waals surface area contributed by atoms with Crippen molar-refractivity contribution in [2.45, 2.75) is 64.8 Å². The lowest BCUT2D eigenvalue weighted by atomic mass is 9.77. The fourth-order valence-electron chi connectivity index (χ4n) is 4.00. The minimum absolute atomic E-state index is 0.0798. The Morgan fingerprint density at radius 2 is 1.63 bits per heavy atom. The van der Waals surface area contributed by atoms with E-state index in [1.165, 1.54) is 19.3 Å². The van der Waals surface area contributed by atoms with Crippen molar-refractivity contribution < 1.29 is 9.90 Å². The van der Waals surface area contributed by atoms with E-state index in [0.717, 1.165) is 44.1 Å². The molecule has 0 spiro atoms. The number of carboxylic acid groups (broad SMARTS) is 1. The van der Waals surface area contributed by atoms with Gasteiger partial charge in [0.25, 0.3) is 0 Å². The highest BCUT2D eigenvalue weighted by Gasteiger charge is 2.29. The molecular weight excluding hydrogens is 238 g/mol. The number of rotatable bonds is 4. The fraction of sp³-hybridized carbons (Fsp3) is 0.938. The predicted octanol–water partition coefficient (Wildman–Crippen LogP) is 3.29. The van der Waals surface area contributed by atoms with Crippen LogP contribution in [0.1, 0.15) is 58.8 Å². The number of carbonyl (C=O) groups is 1. The molecule has 0 aliphatic heterocycles. The molecule has 0 aromatic rings. The molecule has 3 heteroatoms. The molecule has 0 bridgehead atoms. The lowest BCUT2D eigenvalue weighted by Gasteiger charge is -2.37. The highest BCUT2D eigenvalue weighted by atomic mass is 16.4. The monoisotopic (exact) mass is 267 g/mol. The molecule has 110 valence electrons. The molecule has 2 N–H and O–H groups in total. The van der Waals surface area contributed by atoms with Gasteiger partial charge in [0.05, 0.1) is 5.92 Å². The van der Waals surface area contributed by atoms with E-state index < -0.39 is 5.97 Å². The van der Waals surface area contributed by atoms with Crippen LogP contribution in [0.15, 0.2) is 0 Å². The first-order valence-electron chi connectivity index (χ1n) is 8.04. The van der Waals surface area contributed by atoms with Crippen molar-refractivity contribution in [3.63, 3.8) is 0 Å². The van der Waals surface area contributed by atoms with Crippen LogP contribution in [-0.4, -0.2) is 23.7 Å². The van der Waals surface area contributed by atoms with E-state index in [1.54, 1.807) is 0 Å². The molecule has 0 heterocycles. The van der Waals surface area contributed by atoms with Gasteiger partial charge >= 0.3 is 5.97 Å². The maximum absolute atomic E-state index is 10.9. The summed E-state index contributed by atoms with van der Waals surface area (Å²) in [5, 5.41) is 12.8. The van der Waals surface area contributed by atoms with E-state index >= 15 is 0 Å². The lowest BCUT2D eigenvalue weighted by Crippen LogP contribution is -2.45. The van der Waals surface area contributed by atoms with Gasteiger partial charge < -0.3 is 10.4 Å². The molecule has 2 fully saturated rings. The van der Waals surface area contributed by atoms with Crippen molar-refractivity contribution in [3.05, 3.63) is 0 Å². The van der Waals surface area contributed by atoms with Crippen molar-refractivity contribution in [1.82, 2.24) is 5.32 Å². The van der Waals surface area contributed by atoms with Crippen LogP contribution in [-0.2, 0) is 4.79 Å². The van der Waals surface area contributed by atoms with E-state index in [9.17, 15) is 4.79 Å². The second-order valence-corrected chi connectivity index (χ2v) is 6.88. The zero-order valence-corrected chi connectivity index (χ0v) is 12.4. The number of aliphatic carboxylic acids is 1. The van der Waals surface area contributed by atoms with Gasteiger partial charge in [-0.1, -0.05) is 20.3 Å². The maximum Gasteiger partial charge on any atom is 0.306 e. The molecule has 0 radical (unpaired) electrons. The summed E-state index contributed by atoms with van der Waals surface area (Å²) in [7, 11) is 0. The average Bonchev–Trinajstić information content (AvgIpc) is 2.38. The normalized spacial score (nSPS) is 40.0. The Labute approximate surface area is 117 Å². The molecule has 0 amide bonds. The number of nitrogens with one attached hydrogen (secondary N) is 1. The zero-order chi connectivity index (χ0) is 13.8. The van der Waals surface area contributed by atoms with Crippen molar-refractivity contribution >= 4 is 5.97 Å². The molecule has 2 rings (SSSR count). The van der Waals surface area contributed by atoms with Gasteiger partial charge in [-0.05, 0) is 62.8 Å². The highest BCUT2D eigenvalue weighted by molar-refractivity contribution is 5.69. The molecule has 0 aromatic heterocycles. The van der Waals surface area contributed by atoms with Crippen LogP contribution < -0.4 is 5.32 Å². The van der Waals surface area contributed by atoms with E-state index in [1.807, 2.05) is 0 Å². The lowest BCUT2D eigenvalue weighted by molar-refractivity contribution is -0.143. The molecule has 0 saturated heterocycles. The summed E-state index contributed by atoms with van der Waals surface area (Å²) in [4.78, 5) is 10.9. The molecule has 0 aromatic carbocycles. The van der Waals surface area contributed by atoms with Crippen molar-refractivity contribution in [2.24, 2.45) is 23.7 Å². The van der Waals surface area contributed by atoms with Crippen LogP contribution in [0.5, 0.6) is 0 Å². The van der Waals surface area contributed by atoms with Gasteiger partial charge in [0.2, 0.25) is 0 Å². The number of hydrogen-bond donors (Lipinski definition) is 2. The van der Waals surface area contributed by atoms with E-state index in [0.29, 0.717) is 12.0 Å². The summed E-state index contributed by atoms with van der Waals surface area (Å²) < 4.78 is 0. The quantitative estimate of drug-likeness (QED) is 0.821. The summed E-state index contributed by atoms with van der Waals surface area (Å²) in [5.74, 6) is 1.60. The molecule has 2 atom stereocenters.